The molecule has 3 rings (SSSR count). The van der Waals surface area contributed by atoms with Crippen LogP contribution in [0.4, 0.5) is 4.79 Å². The zero-order chi connectivity index (χ0) is 20.1. The molecule has 3 N–H and O–H groups in total. The van der Waals surface area contributed by atoms with Crippen LogP contribution in [0.25, 0.3) is 10.9 Å². The van der Waals surface area contributed by atoms with E-state index in [0.717, 1.165) is 17.3 Å². The maximum Gasteiger partial charge on any atom is 0.276 e. The smallest absolute Gasteiger partial charge is 0.276 e. The second-order valence-corrected chi connectivity index (χ2v) is 7.59. The second-order valence-electron chi connectivity index (χ2n) is 6.29. The number of carbonyl (C=O) groups excluding carboxylic acids is 1. The fraction of sp³-hybridized carbons (Fsp3) is 0.250. The first-order valence-corrected chi connectivity index (χ1v) is 9.59. The molecular formula is C20H21N3O4S. The van der Waals surface area contributed by atoms with Crippen LogP contribution in [0.1, 0.15) is 11.4 Å². The molecule has 1 aromatic heterocycles. The van der Waals surface area contributed by atoms with Gasteiger partial charge in [0.15, 0.2) is 0 Å². The van der Waals surface area contributed by atoms with Gasteiger partial charge in [0, 0.05) is 12.3 Å². The third-order valence-corrected chi connectivity index (χ3v) is 5.20. The Morgan fingerprint density at radius 2 is 1.96 bits per heavy atom. The molecule has 1 unspecified atom stereocenters. The number of nitrogens with two attached hydrogens (primary N) is 1. The van der Waals surface area contributed by atoms with Gasteiger partial charge in [-0.3, -0.25) is 14.2 Å². The van der Waals surface area contributed by atoms with Crippen LogP contribution in [0.3, 0.4) is 0 Å². The molecule has 7 nitrogen and oxygen atoms in total. The standard InChI is InChI=1S/C20H21N3O4S/c1-23-18(22-17-5-3-2-4-16(17)19(23)25)12-27-14-8-6-13(7-9-14)10-15(11-24)28-20(21)26/h2-9,15,24H,10-12H2,1H3,(H2,21,26). The number of primary amides is 1. The van der Waals surface area contributed by atoms with Crippen molar-refractivity contribution in [1.82, 2.24) is 9.55 Å². The number of fused-ring (bicyclic) bond motifs is 1. The van der Waals surface area contributed by atoms with Crippen LogP contribution < -0.4 is 16.0 Å². The molecule has 0 aliphatic rings. The normalized spacial score (nSPS) is 12.1. The number of rotatable bonds is 7. The quantitative estimate of drug-likeness (QED) is 0.631. The topological polar surface area (TPSA) is 107 Å². The van der Waals surface area contributed by atoms with Gasteiger partial charge in [-0.1, -0.05) is 36.0 Å². The molecule has 2 aromatic carbocycles. The fourth-order valence-corrected chi connectivity index (χ4v) is 3.51. The van der Waals surface area contributed by atoms with Crippen molar-refractivity contribution in [2.75, 3.05) is 6.61 Å². The molecule has 0 fully saturated rings. The molecule has 146 valence electrons. The van der Waals surface area contributed by atoms with E-state index in [1.807, 2.05) is 24.3 Å². The number of benzene rings is 2. The van der Waals surface area contributed by atoms with Gasteiger partial charge >= 0.3 is 0 Å². The number of amides is 1. The number of aromatic nitrogens is 2. The molecular weight excluding hydrogens is 378 g/mol. The van der Waals surface area contributed by atoms with Crippen molar-refractivity contribution in [3.63, 3.8) is 0 Å². The number of ether oxygens (including phenoxy) is 1. The monoisotopic (exact) mass is 399 g/mol. The maximum absolute atomic E-state index is 12.4. The number of hydrogen-bond acceptors (Lipinski definition) is 6. The summed E-state index contributed by atoms with van der Waals surface area (Å²) in [5.74, 6) is 1.17. The molecule has 0 radical (unpaired) electrons. The molecule has 0 saturated heterocycles. The van der Waals surface area contributed by atoms with Gasteiger partial charge in [-0.25, -0.2) is 4.98 Å². The van der Waals surface area contributed by atoms with Gasteiger partial charge in [0.25, 0.3) is 10.8 Å². The van der Waals surface area contributed by atoms with Crippen molar-refractivity contribution in [1.29, 1.82) is 0 Å². The molecule has 8 heteroatoms. The summed E-state index contributed by atoms with van der Waals surface area (Å²) in [6.45, 7) is 0.0280. The summed E-state index contributed by atoms with van der Waals surface area (Å²) in [5.41, 5.74) is 6.65. The Labute approximate surface area is 166 Å². The zero-order valence-electron chi connectivity index (χ0n) is 15.4. The average Bonchev–Trinajstić information content (AvgIpc) is 2.70. The molecule has 1 atom stereocenters. The summed E-state index contributed by atoms with van der Waals surface area (Å²) < 4.78 is 7.27. The molecule has 0 saturated carbocycles. The van der Waals surface area contributed by atoms with Crippen LogP contribution in [0, 0.1) is 0 Å². The van der Waals surface area contributed by atoms with Gasteiger partial charge in [-0.15, -0.1) is 0 Å². The van der Waals surface area contributed by atoms with Crippen LogP contribution >= 0.6 is 11.8 Å². The highest BCUT2D eigenvalue weighted by Crippen LogP contribution is 2.19. The molecule has 0 aliphatic carbocycles. The third-order valence-electron chi connectivity index (χ3n) is 4.32. The van der Waals surface area contributed by atoms with E-state index in [1.54, 1.807) is 31.3 Å². The fourth-order valence-electron chi connectivity index (χ4n) is 2.83. The van der Waals surface area contributed by atoms with E-state index in [9.17, 15) is 14.7 Å². The van der Waals surface area contributed by atoms with Crippen molar-refractivity contribution in [2.24, 2.45) is 12.8 Å². The third kappa shape index (κ3) is 4.71. The van der Waals surface area contributed by atoms with Crippen molar-refractivity contribution < 1.29 is 14.6 Å². The zero-order valence-corrected chi connectivity index (χ0v) is 16.2. The van der Waals surface area contributed by atoms with E-state index in [-0.39, 0.29) is 24.0 Å². The Morgan fingerprint density at radius 3 is 2.64 bits per heavy atom. The number of aliphatic hydroxyl groups is 1. The average molecular weight is 399 g/mol. The molecule has 0 spiro atoms. The Balaban J connectivity index is 1.68. The van der Waals surface area contributed by atoms with Crippen LogP contribution in [0.5, 0.6) is 5.75 Å². The van der Waals surface area contributed by atoms with Gasteiger partial charge in [-0.2, -0.15) is 0 Å². The number of thioether (sulfide) groups is 1. The molecule has 1 heterocycles. The molecule has 28 heavy (non-hydrogen) atoms. The Hall–Kier alpha value is -2.84. The first-order chi connectivity index (χ1) is 13.5. The molecule has 0 aliphatic heterocycles. The van der Waals surface area contributed by atoms with Crippen molar-refractivity contribution in [2.45, 2.75) is 18.3 Å². The second kappa shape index (κ2) is 8.90. The van der Waals surface area contributed by atoms with Gasteiger partial charge in [-0.05, 0) is 36.2 Å². The highest BCUT2D eigenvalue weighted by molar-refractivity contribution is 8.14. The maximum atomic E-state index is 12.4. The van der Waals surface area contributed by atoms with Crippen molar-refractivity contribution in [3.8, 4) is 5.75 Å². The summed E-state index contributed by atoms with van der Waals surface area (Å²) in [6, 6.07) is 14.6. The van der Waals surface area contributed by atoms with Gasteiger partial charge in [0.1, 0.15) is 18.2 Å². The SMILES string of the molecule is Cn1c(COc2ccc(CC(CO)SC(N)=O)cc2)nc2ccccc2c1=O. The minimum atomic E-state index is -0.507. The van der Waals surface area contributed by atoms with E-state index in [1.165, 1.54) is 4.57 Å². The lowest BCUT2D eigenvalue weighted by Gasteiger charge is -2.13. The minimum absolute atomic E-state index is 0.110. The highest BCUT2D eigenvalue weighted by Gasteiger charge is 2.13. The Morgan fingerprint density at radius 1 is 1.25 bits per heavy atom. The summed E-state index contributed by atoms with van der Waals surface area (Å²) in [7, 11) is 1.68. The van der Waals surface area contributed by atoms with Crippen LogP contribution in [0.15, 0.2) is 53.3 Å². The number of carbonyl (C=O) groups is 1. The molecule has 0 bridgehead atoms. The van der Waals surface area contributed by atoms with E-state index >= 15 is 0 Å². The van der Waals surface area contributed by atoms with Crippen molar-refractivity contribution >= 4 is 27.9 Å². The Kier molecular flexibility index (Phi) is 6.33. The largest absolute Gasteiger partial charge is 0.486 e. The van der Waals surface area contributed by atoms with Crippen LogP contribution in [-0.4, -0.2) is 31.8 Å². The highest BCUT2D eigenvalue weighted by atomic mass is 32.2. The lowest BCUT2D eigenvalue weighted by molar-refractivity contribution is 0.266. The lowest BCUT2D eigenvalue weighted by Crippen LogP contribution is -2.23. The summed E-state index contributed by atoms with van der Waals surface area (Å²) in [6.07, 6.45) is 0.519. The summed E-state index contributed by atoms with van der Waals surface area (Å²) >= 11 is 0.927. The van der Waals surface area contributed by atoms with E-state index in [0.29, 0.717) is 28.9 Å². The molecule has 3 aromatic rings. The van der Waals surface area contributed by atoms with Crippen LogP contribution in [-0.2, 0) is 20.1 Å². The van der Waals surface area contributed by atoms with Crippen molar-refractivity contribution in [3.05, 3.63) is 70.3 Å². The first-order valence-electron chi connectivity index (χ1n) is 8.71. The van der Waals surface area contributed by atoms with Crippen LogP contribution in [0.2, 0.25) is 0 Å². The predicted octanol–water partition coefficient (Wildman–Crippen LogP) is 2.23. The van der Waals surface area contributed by atoms with E-state index in [4.69, 9.17) is 10.5 Å². The van der Waals surface area contributed by atoms with Gasteiger partial charge in [0.2, 0.25) is 0 Å². The molecule has 1 amide bonds. The van der Waals surface area contributed by atoms with E-state index in [2.05, 4.69) is 4.98 Å². The minimum Gasteiger partial charge on any atom is -0.486 e. The first kappa shape index (κ1) is 19.9. The Bertz CT molecular complexity index is 1030. The summed E-state index contributed by atoms with van der Waals surface area (Å²) in [4.78, 5) is 27.9. The van der Waals surface area contributed by atoms with E-state index < -0.39 is 5.24 Å². The lowest BCUT2D eigenvalue weighted by atomic mass is 10.1. The predicted molar refractivity (Wildman–Crippen MR) is 110 cm³/mol. The number of aliphatic hydroxyl groups excluding tert-OH is 1. The summed E-state index contributed by atoms with van der Waals surface area (Å²) in [5, 5.41) is 9.13. The number of nitrogens with zero attached hydrogens (tertiary/aromatic N) is 2. The van der Waals surface area contributed by atoms with Gasteiger partial charge in [0.05, 0.1) is 17.5 Å². The van der Waals surface area contributed by atoms with Gasteiger partial charge < -0.3 is 15.6 Å². The number of hydrogen-bond donors (Lipinski definition) is 2. The number of para-hydroxylation sites is 1.